The van der Waals surface area contributed by atoms with Crippen molar-refractivity contribution < 1.29 is 29.6 Å². The Morgan fingerprint density at radius 3 is 2.60 bits per heavy atom. The van der Waals surface area contributed by atoms with Gasteiger partial charge in [-0.3, -0.25) is 14.3 Å². The van der Waals surface area contributed by atoms with Crippen molar-refractivity contribution in [2.45, 2.75) is 30.6 Å². The van der Waals surface area contributed by atoms with Gasteiger partial charge in [0.1, 0.15) is 12.2 Å². The number of aromatic nitrogens is 2. The lowest BCUT2D eigenvalue weighted by atomic mass is 9.99. The number of aliphatic hydroxyl groups is 4. The molecule has 2 heterocycles. The molecule has 1 aliphatic heterocycles. The minimum atomic E-state index is -2.99. The zero-order valence-corrected chi connectivity index (χ0v) is 10.3. The topological polar surface area (TPSA) is 145 Å². The first-order valence-electron chi connectivity index (χ1n) is 5.58. The van der Waals surface area contributed by atoms with Gasteiger partial charge in [0, 0.05) is 0 Å². The Bertz CT molecular complexity index is 639. The minimum absolute atomic E-state index is 0.391. The predicted molar refractivity (Wildman–Crippen MR) is 60.1 cm³/mol. The van der Waals surface area contributed by atoms with E-state index < -0.39 is 47.4 Å². The zero-order chi connectivity index (χ0) is 15.3. The van der Waals surface area contributed by atoms with Crippen LogP contribution in [0.2, 0.25) is 0 Å². The van der Waals surface area contributed by atoms with Crippen molar-refractivity contribution in [2.24, 2.45) is 0 Å². The third-order valence-electron chi connectivity index (χ3n) is 3.37. The number of ether oxygens (including phenoxy) is 1. The molecule has 1 aromatic heterocycles. The van der Waals surface area contributed by atoms with Crippen LogP contribution in [0.4, 0.5) is 4.39 Å². The molecule has 20 heavy (non-hydrogen) atoms. The van der Waals surface area contributed by atoms with Gasteiger partial charge in [-0.05, 0) is 6.92 Å². The smallest absolute Gasteiger partial charge is 0.331 e. The van der Waals surface area contributed by atoms with Gasteiger partial charge in [-0.2, -0.15) is 4.39 Å². The maximum Gasteiger partial charge on any atom is 0.331 e. The molecular weight excluding hydrogens is 279 g/mol. The number of nitrogens with zero attached hydrogens (tertiary/aromatic N) is 1. The van der Waals surface area contributed by atoms with Crippen LogP contribution in [-0.4, -0.2) is 54.6 Å². The van der Waals surface area contributed by atoms with Crippen LogP contribution in [0.5, 0.6) is 0 Å². The van der Waals surface area contributed by atoms with E-state index >= 15 is 0 Å². The fraction of sp³-hybridized carbons (Fsp3) is 0.600. The Hall–Kier alpha value is -1.59. The lowest BCUT2D eigenvalue weighted by Crippen LogP contribution is -2.59. The molecule has 1 aliphatic rings. The average molecular weight is 292 g/mol. The number of aliphatic hydroxyl groups excluding tert-OH is 2. The maximum absolute atomic E-state index is 13.3. The Morgan fingerprint density at radius 1 is 1.50 bits per heavy atom. The van der Waals surface area contributed by atoms with Crippen LogP contribution in [0, 0.1) is 5.82 Å². The second-order valence-electron chi connectivity index (χ2n) is 4.60. The molecule has 0 aliphatic carbocycles. The van der Waals surface area contributed by atoms with E-state index in [-0.39, 0.29) is 0 Å². The largest absolute Gasteiger partial charge is 0.394 e. The average Bonchev–Trinajstić information content (AvgIpc) is 2.55. The van der Waals surface area contributed by atoms with E-state index in [1.165, 1.54) is 0 Å². The van der Waals surface area contributed by atoms with E-state index in [1.54, 1.807) is 4.98 Å². The molecule has 0 unspecified atom stereocenters. The molecule has 5 N–H and O–H groups in total. The number of hydrogen-bond donors (Lipinski definition) is 5. The zero-order valence-electron chi connectivity index (χ0n) is 10.3. The second kappa shape index (κ2) is 4.46. The van der Waals surface area contributed by atoms with E-state index in [0.717, 1.165) is 6.92 Å². The number of H-pyrrole nitrogens is 1. The Balaban J connectivity index is 2.65. The number of halogens is 1. The van der Waals surface area contributed by atoms with E-state index in [0.29, 0.717) is 10.8 Å². The van der Waals surface area contributed by atoms with Crippen molar-refractivity contribution in [3.8, 4) is 0 Å². The third kappa shape index (κ3) is 1.81. The van der Waals surface area contributed by atoms with Gasteiger partial charge in [0.2, 0.25) is 17.3 Å². The molecule has 0 saturated carbocycles. The van der Waals surface area contributed by atoms with E-state index in [2.05, 4.69) is 0 Å². The molecule has 1 fully saturated rings. The number of rotatable bonds is 2. The molecule has 0 amide bonds. The second-order valence-corrected chi connectivity index (χ2v) is 4.60. The van der Waals surface area contributed by atoms with Crippen LogP contribution in [0.1, 0.15) is 6.92 Å². The van der Waals surface area contributed by atoms with Crippen molar-refractivity contribution in [1.29, 1.82) is 0 Å². The van der Waals surface area contributed by atoms with E-state index in [4.69, 9.17) is 9.84 Å². The fourth-order valence-electron chi connectivity index (χ4n) is 2.12. The number of hydrogen-bond acceptors (Lipinski definition) is 7. The van der Waals surface area contributed by atoms with Gasteiger partial charge in [-0.1, -0.05) is 0 Å². The highest BCUT2D eigenvalue weighted by molar-refractivity contribution is 5.04. The number of aromatic amines is 1. The van der Waals surface area contributed by atoms with Crippen LogP contribution in [0.25, 0.3) is 0 Å². The maximum atomic E-state index is 13.3. The van der Waals surface area contributed by atoms with Crippen molar-refractivity contribution in [1.82, 2.24) is 9.55 Å². The lowest BCUT2D eigenvalue weighted by molar-refractivity contribution is -0.295. The van der Waals surface area contributed by atoms with Gasteiger partial charge >= 0.3 is 5.69 Å². The summed E-state index contributed by atoms with van der Waals surface area (Å²) in [5, 5.41) is 38.5. The summed E-state index contributed by atoms with van der Waals surface area (Å²) in [5.74, 6) is -4.35. The molecule has 2 rings (SSSR count). The van der Waals surface area contributed by atoms with Crippen LogP contribution in [0.3, 0.4) is 0 Å². The molecule has 0 bridgehead atoms. The molecule has 1 aromatic rings. The van der Waals surface area contributed by atoms with Crippen molar-refractivity contribution in [3.63, 3.8) is 0 Å². The van der Waals surface area contributed by atoms with Gasteiger partial charge in [-0.25, -0.2) is 4.79 Å². The van der Waals surface area contributed by atoms with Crippen molar-refractivity contribution in [3.05, 3.63) is 32.9 Å². The van der Waals surface area contributed by atoms with Gasteiger partial charge in [0.25, 0.3) is 5.56 Å². The highest BCUT2D eigenvalue weighted by Gasteiger charge is 2.64. The van der Waals surface area contributed by atoms with Crippen LogP contribution in [-0.2, 0) is 10.5 Å². The minimum Gasteiger partial charge on any atom is -0.394 e. The summed E-state index contributed by atoms with van der Waals surface area (Å²) in [4.78, 5) is 24.3. The lowest BCUT2D eigenvalue weighted by Gasteiger charge is -2.35. The molecular formula is C10H13FN2O7. The highest BCUT2D eigenvalue weighted by atomic mass is 19.1. The molecule has 10 heteroatoms. The molecule has 112 valence electrons. The van der Waals surface area contributed by atoms with Gasteiger partial charge < -0.3 is 25.2 Å². The molecule has 0 aromatic carbocycles. The summed E-state index contributed by atoms with van der Waals surface area (Å²) in [6.45, 7) is 0.227. The summed E-state index contributed by atoms with van der Waals surface area (Å²) >= 11 is 0. The standard InChI is InChI=1S/C10H13FN2O7/c1-9(10(18,19)6(15)5(3-14)20-9)13-2-4(11)7(16)12-8(13)17/h2,5-6,14-15,18-19H,3H2,1H3,(H,12,16,17)/t5-,6-,9-/m1/s1. The Morgan fingerprint density at radius 2 is 2.10 bits per heavy atom. The normalized spacial score (nSPS) is 32.5. The monoisotopic (exact) mass is 292 g/mol. The highest BCUT2D eigenvalue weighted by Crippen LogP contribution is 2.40. The van der Waals surface area contributed by atoms with Crippen LogP contribution in [0.15, 0.2) is 15.8 Å². The first-order chi connectivity index (χ1) is 9.15. The summed E-state index contributed by atoms with van der Waals surface area (Å²) in [7, 11) is 0. The van der Waals surface area contributed by atoms with Gasteiger partial charge in [0.15, 0.2) is 0 Å². The summed E-state index contributed by atoms with van der Waals surface area (Å²) in [6, 6.07) is 0. The van der Waals surface area contributed by atoms with Gasteiger partial charge in [0.05, 0.1) is 12.8 Å². The number of nitrogens with one attached hydrogen (secondary N) is 1. The first kappa shape index (κ1) is 14.8. The van der Waals surface area contributed by atoms with Crippen LogP contribution < -0.4 is 11.2 Å². The molecule has 0 radical (unpaired) electrons. The predicted octanol–water partition coefficient (Wildman–Crippen LogP) is -3.22. The van der Waals surface area contributed by atoms with E-state index in [9.17, 15) is 29.3 Å². The summed E-state index contributed by atoms with van der Waals surface area (Å²) < 4.78 is 18.7. The molecule has 1 saturated heterocycles. The molecule has 9 nitrogen and oxygen atoms in total. The van der Waals surface area contributed by atoms with Crippen LogP contribution >= 0.6 is 0 Å². The summed E-state index contributed by atoms with van der Waals surface area (Å²) in [5.41, 5.74) is -4.76. The van der Waals surface area contributed by atoms with Crippen molar-refractivity contribution in [2.75, 3.05) is 6.61 Å². The third-order valence-corrected chi connectivity index (χ3v) is 3.37. The Kier molecular flexibility index (Phi) is 3.31. The molecule has 0 spiro atoms. The fourth-order valence-corrected chi connectivity index (χ4v) is 2.12. The SMILES string of the molecule is C[C@@]1(n2cc(F)c(=O)[nH]c2=O)O[C@H](CO)[C@@H](O)C1(O)O. The quantitative estimate of drug-likeness (QED) is 0.360. The molecule has 3 atom stereocenters. The first-order valence-corrected chi connectivity index (χ1v) is 5.58. The Labute approximate surface area is 110 Å². The summed E-state index contributed by atoms with van der Waals surface area (Å²) in [6.07, 6.45) is -2.93. The van der Waals surface area contributed by atoms with Crippen molar-refractivity contribution >= 4 is 0 Å². The van der Waals surface area contributed by atoms with Gasteiger partial charge in [-0.15, -0.1) is 0 Å². The van der Waals surface area contributed by atoms with E-state index in [1.807, 2.05) is 0 Å².